The number of rotatable bonds is 5. The molecule has 2 heterocycles. The van der Waals surface area contributed by atoms with Crippen molar-refractivity contribution in [2.24, 2.45) is 0 Å². The normalized spacial score (nSPS) is 18.4. The molecule has 0 aromatic carbocycles. The molecule has 1 aliphatic rings. The molecule has 1 aromatic heterocycles. The molecule has 7 heteroatoms. The Hall–Kier alpha value is -1.21. The second-order valence-corrected chi connectivity index (χ2v) is 6.65. The van der Waals surface area contributed by atoms with Crippen LogP contribution in [-0.2, 0) is 10.0 Å². The Balaban J connectivity index is 1.86. The van der Waals surface area contributed by atoms with Gasteiger partial charge in [0, 0.05) is 25.5 Å². The summed E-state index contributed by atoms with van der Waals surface area (Å²) >= 11 is 0. The molecule has 0 aliphatic carbocycles. The molecule has 2 rings (SSSR count). The number of sulfonamides is 1. The topological polar surface area (TPSA) is 72.4 Å². The van der Waals surface area contributed by atoms with E-state index in [0.717, 1.165) is 0 Å². The lowest BCUT2D eigenvalue weighted by atomic mass is 10.1. The van der Waals surface area contributed by atoms with Crippen molar-refractivity contribution in [1.82, 2.24) is 14.3 Å². The van der Waals surface area contributed by atoms with Gasteiger partial charge in [-0.25, -0.2) is 22.7 Å². The maximum Gasteiger partial charge on any atom is 0.316 e. The van der Waals surface area contributed by atoms with Gasteiger partial charge in [0.15, 0.2) is 0 Å². The number of hydrogen-bond acceptors (Lipinski definition) is 5. The van der Waals surface area contributed by atoms with Crippen LogP contribution >= 0.6 is 0 Å². The van der Waals surface area contributed by atoms with Crippen LogP contribution in [0.4, 0.5) is 0 Å². The third-order valence-corrected chi connectivity index (χ3v) is 5.15. The average molecular weight is 285 g/mol. The van der Waals surface area contributed by atoms with Gasteiger partial charge in [-0.2, -0.15) is 0 Å². The molecule has 0 saturated carbocycles. The fraction of sp³-hybridized carbons (Fsp3) is 0.667. The van der Waals surface area contributed by atoms with E-state index in [9.17, 15) is 8.42 Å². The van der Waals surface area contributed by atoms with Gasteiger partial charge in [0.1, 0.15) is 6.10 Å². The van der Waals surface area contributed by atoms with Gasteiger partial charge in [0.05, 0.1) is 5.75 Å². The average Bonchev–Trinajstić information content (AvgIpc) is 2.40. The second-order valence-electron chi connectivity index (χ2n) is 4.56. The Morgan fingerprint density at radius 3 is 2.53 bits per heavy atom. The van der Waals surface area contributed by atoms with E-state index in [1.807, 2.05) is 6.92 Å². The number of hydrogen-bond donors (Lipinski definition) is 0. The van der Waals surface area contributed by atoms with Crippen molar-refractivity contribution in [2.75, 3.05) is 18.8 Å². The van der Waals surface area contributed by atoms with Gasteiger partial charge in [0.25, 0.3) is 0 Å². The maximum atomic E-state index is 11.9. The van der Waals surface area contributed by atoms with Gasteiger partial charge < -0.3 is 4.74 Å². The molecule has 106 valence electrons. The summed E-state index contributed by atoms with van der Waals surface area (Å²) in [4.78, 5) is 8.01. The van der Waals surface area contributed by atoms with Crippen molar-refractivity contribution in [3.8, 4) is 6.01 Å². The lowest BCUT2D eigenvalue weighted by Gasteiger charge is -2.30. The Bertz CT molecular complexity index is 484. The fourth-order valence-corrected chi connectivity index (χ4v) is 3.65. The summed E-state index contributed by atoms with van der Waals surface area (Å²) in [6.07, 6.45) is 5.27. The molecule has 1 fully saturated rings. The first-order chi connectivity index (χ1) is 9.12. The van der Waals surface area contributed by atoms with Crippen LogP contribution in [0.25, 0.3) is 0 Å². The monoisotopic (exact) mass is 285 g/mol. The maximum absolute atomic E-state index is 11.9. The van der Waals surface area contributed by atoms with E-state index in [1.54, 1.807) is 22.8 Å². The lowest BCUT2D eigenvalue weighted by Crippen LogP contribution is -2.42. The van der Waals surface area contributed by atoms with E-state index in [4.69, 9.17) is 4.74 Å². The zero-order chi connectivity index (χ0) is 13.7. The third-order valence-electron chi connectivity index (χ3n) is 3.07. The number of nitrogens with zero attached hydrogens (tertiary/aromatic N) is 3. The molecule has 0 unspecified atom stereocenters. The summed E-state index contributed by atoms with van der Waals surface area (Å²) in [5, 5.41) is 0. The van der Waals surface area contributed by atoms with E-state index in [1.165, 1.54) is 0 Å². The van der Waals surface area contributed by atoms with Gasteiger partial charge >= 0.3 is 6.01 Å². The van der Waals surface area contributed by atoms with Crippen LogP contribution in [0.3, 0.4) is 0 Å². The molecular formula is C12H19N3O3S. The van der Waals surface area contributed by atoms with Crippen LogP contribution in [0.2, 0.25) is 0 Å². The Kier molecular flexibility index (Phi) is 4.71. The molecular weight excluding hydrogens is 266 g/mol. The highest BCUT2D eigenvalue weighted by Crippen LogP contribution is 2.18. The molecule has 1 aromatic rings. The second kappa shape index (κ2) is 6.29. The van der Waals surface area contributed by atoms with Crippen LogP contribution in [0.5, 0.6) is 6.01 Å². The molecule has 0 radical (unpaired) electrons. The van der Waals surface area contributed by atoms with E-state index in [2.05, 4.69) is 9.97 Å². The predicted molar refractivity (Wildman–Crippen MR) is 71.3 cm³/mol. The van der Waals surface area contributed by atoms with Crippen LogP contribution in [0.15, 0.2) is 18.5 Å². The van der Waals surface area contributed by atoms with E-state index in [0.29, 0.717) is 38.4 Å². The first kappa shape index (κ1) is 14.2. The zero-order valence-electron chi connectivity index (χ0n) is 11.0. The number of aromatic nitrogens is 2. The summed E-state index contributed by atoms with van der Waals surface area (Å²) in [6.45, 7) is 2.90. The van der Waals surface area contributed by atoms with Gasteiger partial charge in [0.2, 0.25) is 10.0 Å². The quantitative estimate of drug-likeness (QED) is 0.809. The Labute approximate surface area is 113 Å². The molecule has 1 saturated heterocycles. The molecule has 6 nitrogen and oxygen atoms in total. The number of piperidine rings is 1. The summed E-state index contributed by atoms with van der Waals surface area (Å²) in [5.74, 6) is 0.223. The van der Waals surface area contributed by atoms with Crippen LogP contribution < -0.4 is 4.74 Å². The van der Waals surface area contributed by atoms with Crippen molar-refractivity contribution in [1.29, 1.82) is 0 Å². The van der Waals surface area contributed by atoms with Gasteiger partial charge in [-0.3, -0.25) is 0 Å². The van der Waals surface area contributed by atoms with E-state index >= 15 is 0 Å². The third kappa shape index (κ3) is 3.87. The van der Waals surface area contributed by atoms with Gasteiger partial charge in [-0.15, -0.1) is 0 Å². The highest BCUT2D eigenvalue weighted by molar-refractivity contribution is 7.89. The smallest absolute Gasteiger partial charge is 0.316 e. The summed E-state index contributed by atoms with van der Waals surface area (Å²) in [7, 11) is -3.08. The van der Waals surface area contributed by atoms with Gasteiger partial charge in [-0.1, -0.05) is 6.92 Å². The van der Waals surface area contributed by atoms with Crippen molar-refractivity contribution < 1.29 is 13.2 Å². The van der Waals surface area contributed by atoms with Crippen LogP contribution in [-0.4, -0.2) is 47.6 Å². The number of ether oxygens (including phenoxy) is 1. The highest BCUT2D eigenvalue weighted by Gasteiger charge is 2.28. The van der Waals surface area contributed by atoms with E-state index in [-0.39, 0.29) is 11.9 Å². The first-order valence-corrected chi connectivity index (χ1v) is 8.14. The molecule has 0 spiro atoms. The largest absolute Gasteiger partial charge is 0.460 e. The van der Waals surface area contributed by atoms with Gasteiger partial charge in [-0.05, 0) is 25.3 Å². The minimum Gasteiger partial charge on any atom is -0.460 e. The minimum atomic E-state index is -3.08. The zero-order valence-corrected chi connectivity index (χ0v) is 11.8. The molecule has 19 heavy (non-hydrogen) atoms. The fourth-order valence-electron chi connectivity index (χ4n) is 2.11. The van der Waals surface area contributed by atoms with Crippen LogP contribution in [0, 0.1) is 0 Å². The molecule has 1 aliphatic heterocycles. The van der Waals surface area contributed by atoms with Crippen molar-refractivity contribution in [3.05, 3.63) is 18.5 Å². The summed E-state index contributed by atoms with van der Waals surface area (Å²) in [5.41, 5.74) is 0. The first-order valence-electron chi connectivity index (χ1n) is 6.53. The summed E-state index contributed by atoms with van der Waals surface area (Å²) < 4.78 is 31.0. The van der Waals surface area contributed by atoms with Crippen molar-refractivity contribution in [2.45, 2.75) is 32.3 Å². The minimum absolute atomic E-state index is 0.00419. The highest BCUT2D eigenvalue weighted by atomic mass is 32.2. The SMILES string of the molecule is CCCS(=O)(=O)N1CCC(Oc2ncccn2)CC1. The lowest BCUT2D eigenvalue weighted by molar-refractivity contribution is 0.124. The molecule has 0 bridgehead atoms. The molecule has 0 atom stereocenters. The predicted octanol–water partition coefficient (Wildman–Crippen LogP) is 1.06. The standard InChI is InChI=1S/C12H19N3O3S/c1-2-10-19(16,17)15-8-4-11(5-9-15)18-12-13-6-3-7-14-12/h3,6-7,11H,2,4-5,8-10H2,1H3. The molecule has 0 amide bonds. The Morgan fingerprint density at radius 2 is 1.95 bits per heavy atom. The van der Waals surface area contributed by atoms with Crippen molar-refractivity contribution >= 4 is 10.0 Å². The van der Waals surface area contributed by atoms with Crippen molar-refractivity contribution in [3.63, 3.8) is 0 Å². The summed E-state index contributed by atoms with van der Waals surface area (Å²) in [6, 6.07) is 2.09. The Morgan fingerprint density at radius 1 is 1.32 bits per heavy atom. The molecule has 0 N–H and O–H groups in total. The van der Waals surface area contributed by atoms with E-state index < -0.39 is 10.0 Å². The van der Waals surface area contributed by atoms with Crippen LogP contribution in [0.1, 0.15) is 26.2 Å².